The van der Waals surface area contributed by atoms with Gasteiger partial charge in [0.05, 0.1) is 38.6 Å². The topological polar surface area (TPSA) is 40.6 Å². The van der Waals surface area contributed by atoms with Gasteiger partial charge >= 0.3 is 0 Å². The SMILES string of the molecule is c1ccc(-n2cnc3cc(-n4c5cccnc5c5ccc6c7ccccc7n(-c7cccc(-c8cccc([Si](c9ccccc9)(c9ccccc9)c9ccccc9)c8)c7)c6c54)ccc32)cc1. The molecule has 0 radical (unpaired) electrons. The molecule has 0 fully saturated rings. The minimum atomic E-state index is -2.74. The number of para-hydroxylation sites is 2. The van der Waals surface area contributed by atoms with E-state index in [1.165, 1.54) is 37.1 Å². The summed E-state index contributed by atoms with van der Waals surface area (Å²) in [6.45, 7) is 0. The summed E-state index contributed by atoms with van der Waals surface area (Å²) in [5.41, 5.74) is 12.9. The number of rotatable bonds is 8. The Kier molecular flexibility index (Phi) is 8.79. The summed E-state index contributed by atoms with van der Waals surface area (Å²) >= 11 is 0. The van der Waals surface area contributed by atoms with Gasteiger partial charge in [0, 0.05) is 39.4 Å². The van der Waals surface area contributed by atoms with Gasteiger partial charge in [0.2, 0.25) is 0 Å². The van der Waals surface area contributed by atoms with Crippen LogP contribution in [0.1, 0.15) is 0 Å². The molecule has 5 nitrogen and oxygen atoms in total. The lowest BCUT2D eigenvalue weighted by atomic mass is 10.0. The molecule has 310 valence electrons. The Hall–Kier alpha value is -8.58. The van der Waals surface area contributed by atoms with Gasteiger partial charge < -0.3 is 9.13 Å². The lowest BCUT2D eigenvalue weighted by Gasteiger charge is -2.34. The van der Waals surface area contributed by atoms with Crippen molar-refractivity contribution in [1.82, 2.24) is 23.7 Å². The lowest BCUT2D eigenvalue weighted by molar-refractivity contribution is 1.09. The molecular weight excluding hydrogens is 819 g/mol. The van der Waals surface area contributed by atoms with Crippen LogP contribution >= 0.6 is 0 Å². The zero-order chi connectivity index (χ0) is 43.6. The van der Waals surface area contributed by atoms with E-state index < -0.39 is 8.07 Å². The largest absolute Gasteiger partial charge is 0.307 e. The molecule has 0 aliphatic rings. The maximum absolute atomic E-state index is 5.03. The van der Waals surface area contributed by atoms with Crippen molar-refractivity contribution in [3.63, 3.8) is 0 Å². The van der Waals surface area contributed by atoms with Crippen molar-refractivity contribution >= 4 is 83.6 Å². The molecule has 0 spiro atoms. The highest BCUT2D eigenvalue weighted by atomic mass is 28.3. The van der Waals surface area contributed by atoms with Gasteiger partial charge in [-0.05, 0) is 98.6 Å². The molecule has 0 bridgehead atoms. The monoisotopic (exact) mass is 859 g/mol. The van der Waals surface area contributed by atoms with E-state index in [0.29, 0.717) is 0 Å². The molecule has 6 heteroatoms. The van der Waals surface area contributed by atoms with E-state index in [1.54, 1.807) is 0 Å². The number of aromatic nitrogens is 5. The molecule has 13 rings (SSSR count). The lowest BCUT2D eigenvalue weighted by Crippen LogP contribution is -2.74. The summed E-state index contributed by atoms with van der Waals surface area (Å²) in [5.74, 6) is 0. The predicted molar refractivity (Wildman–Crippen MR) is 277 cm³/mol. The standard InChI is InChI=1S/C60H41N5Si/c1-5-20-44(21-6-1)63-41-62-54-40-46(33-36-56(54)63)65-57-32-17-37-61-58(57)53-35-34-52-51-30-13-14-31-55(51)64(59(52)60(53)65)45-22-15-18-42(38-45)43-19-16-29-50(39-43)66(47-23-7-2-8-24-47,48-25-9-3-10-26-48)49-27-11-4-12-28-49/h1-41H. The van der Waals surface area contributed by atoms with E-state index in [2.05, 4.69) is 238 Å². The summed E-state index contributed by atoms with van der Waals surface area (Å²) in [6, 6.07) is 86.5. The second-order valence-corrected chi connectivity index (χ2v) is 20.8. The summed E-state index contributed by atoms with van der Waals surface area (Å²) in [7, 11) is -2.74. The third-order valence-electron chi connectivity index (χ3n) is 13.5. The number of fused-ring (bicyclic) bond motifs is 8. The van der Waals surface area contributed by atoms with Gasteiger partial charge in [-0.2, -0.15) is 0 Å². The van der Waals surface area contributed by atoms with Crippen LogP contribution in [0.4, 0.5) is 0 Å². The minimum absolute atomic E-state index is 0.928. The van der Waals surface area contributed by atoms with Crippen molar-refractivity contribution in [2.75, 3.05) is 0 Å². The fraction of sp³-hybridized carbons (Fsp3) is 0. The third-order valence-corrected chi connectivity index (χ3v) is 18.3. The van der Waals surface area contributed by atoms with Crippen molar-refractivity contribution in [2.45, 2.75) is 0 Å². The minimum Gasteiger partial charge on any atom is -0.307 e. The highest BCUT2D eigenvalue weighted by Gasteiger charge is 2.41. The van der Waals surface area contributed by atoms with Crippen LogP contribution in [0.5, 0.6) is 0 Å². The highest BCUT2D eigenvalue weighted by Crippen LogP contribution is 2.42. The Morgan fingerprint density at radius 3 is 1.61 bits per heavy atom. The van der Waals surface area contributed by atoms with Crippen LogP contribution in [0.25, 0.3) is 83.0 Å². The Bertz CT molecular complexity index is 3830. The molecule has 4 heterocycles. The first-order valence-electron chi connectivity index (χ1n) is 22.5. The Morgan fingerprint density at radius 1 is 0.333 bits per heavy atom. The van der Waals surface area contributed by atoms with E-state index in [9.17, 15) is 0 Å². The van der Waals surface area contributed by atoms with E-state index in [1.807, 2.05) is 24.7 Å². The van der Waals surface area contributed by atoms with E-state index >= 15 is 0 Å². The van der Waals surface area contributed by atoms with E-state index in [-0.39, 0.29) is 0 Å². The number of pyridine rings is 1. The average Bonchev–Trinajstić information content (AvgIpc) is 4.08. The fourth-order valence-corrected chi connectivity index (χ4v) is 15.5. The number of imidazole rings is 1. The summed E-state index contributed by atoms with van der Waals surface area (Å²) in [6.07, 6.45) is 3.82. The van der Waals surface area contributed by atoms with E-state index in [0.717, 1.165) is 66.6 Å². The van der Waals surface area contributed by atoms with Crippen LogP contribution in [-0.4, -0.2) is 31.7 Å². The van der Waals surface area contributed by atoms with E-state index in [4.69, 9.17) is 9.97 Å². The Labute approximate surface area is 382 Å². The molecule has 4 aromatic heterocycles. The van der Waals surface area contributed by atoms with Crippen molar-refractivity contribution in [2.24, 2.45) is 0 Å². The van der Waals surface area contributed by atoms with Gasteiger partial charge in [0.1, 0.15) is 6.33 Å². The molecule has 0 aliphatic carbocycles. The second-order valence-electron chi connectivity index (χ2n) is 17.0. The van der Waals surface area contributed by atoms with Crippen LogP contribution in [-0.2, 0) is 0 Å². The maximum Gasteiger partial charge on any atom is 0.179 e. The van der Waals surface area contributed by atoms with Gasteiger partial charge in [-0.25, -0.2) is 4.98 Å². The fourth-order valence-electron chi connectivity index (χ4n) is 10.7. The zero-order valence-electron chi connectivity index (χ0n) is 35.9. The molecule has 0 atom stereocenters. The summed E-state index contributed by atoms with van der Waals surface area (Å²) in [4.78, 5) is 9.96. The molecule has 0 saturated carbocycles. The van der Waals surface area contributed by atoms with Crippen molar-refractivity contribution in [3.05, 3.63) is 249 Å². The quantitative estimate of drug-likeness (QED) is 0.113. The van der Waals surface area contributed by atoms with Crippen molar-refractivity contribution < 1.29 is 0 Å². The number of nitrogens with zero attached hydrogens (tertiary/aromatic N) is 5. The molecule has 0 aliphatic heterocycles. The van der Waals surface area contributed by atoms with Crippen LogP contribution in [0.2, 0.25) is 0 Å². The van der Waals surface area contributed by atoms with Crippen LogP contribution < -0.4 is 20.7 Å². The summed E-state index contributed by atoms with van der Waals surface area (Å²) < 4.78 is 7.01. The average molecular weight is 860 g/mol. The molecule has 0 unspecified atom stereocenters. The first kappa shape index (κ1) is 37.9. The Balaban J connectivity index is 1.04. The molecular formula is C60H41N5Si. The van der Waals surface area contributed by atoms with Crippen LogP contribution in [0, 0.1) is 0 Å². The first-order chi connectivity index (χ1) is 32.8. The van der Waals surface area contributed by atoms with Gasteiger partial charge in [-0.3, -0.25) is 9.55 Å². The molecule has 0 saturated heterocycles. The van der Waals surface area contributed by atoms with Gasteiger partial charge in [0.15, 0.2) is 8.07 Å². The summed E-state index contributed by atoms with van der Waals surface area (Å²) in [5, 5.41) is 8.91. The predicted octanol–water partition coefficient (Wildman–Crippen LogP) is 11.7. The second kappa shape index (κ2) is 15.3. The highest BCUT2D eigenvalue weighted by molar-refractivity contribution is 7.19. The smallest absolute Gasteiger partial charge is 0.179 e. The zero-order valence-corrected chi connectivity index (χ0v) is 36.9. The Morgan fingerprint density at radius 2 is 0.879 bits per heavy atom. The molecule has 66 heavy (non-hydrogen) atoms. The molecule has 0 N–H and O–H groups in total. The molecule has 9 aromatic carbocycles. The molecule has 0 amide bonds. The molecule has 13 aromatic rings. The number of benzene rings is 9. The van der Waals surface area contributed by atoms with Gasteiger partial charge in [0.25, 0.3) is 0 Å². The maximum atomic E-state index is 5.03. The van der Waals surface area contributed by atoms with Crippen molar-refractivity contribution in [3.8, 4) is 28.2 Å². The third kappa shape index (κ3) is 5.79. The number of hydrogen-bond donors (Lipinski definition) is 0. The van der Waals surface area contributed by atoms with Crippen molar-refractivity contribution in [1.29, 1.82) is 0 Å². The first-order valence-corrected chi connectivity index (χ1v) is 24.5. The van der Waals surface area contributed by atoms with Crippen LogP contribution in [0.15, 0.2) is 249 Å². The van der Waals surface area contributed by atoms with Gasteiger partial charge in [-0.1, -0.05) is 170 Å². The van der Waals surface area contributed by atoms with Gasteiger partial charge in [-0.15, -0.1) is 0 Å². The van der Waals surface area contributed by atoms with Crippen LogP contribution in [0.3, 0.4) is 0 Å². The normalized spacial score (nSPS) is 11.9. The number of hydrogen-bond acceptors (Lipinski definition) is 2.